The van der Waals surface area contributed by atoms with E-state index in [0.29, 0.717) is 11.3 Å². The number of aliphatic imine (C=N–C) groups is 1. The number of hydrogen-bond acceptors (Lipinski definition) is 3. The third-order valence-corrected chi connectivity index (χ3v) is 5.32. The Morgan fingerprint density at radius 1 is 0.935 bits per heavy atom. The van der Waals surface area contributed by atoms with E-state index in [1.807, 2.05) is 51.1 Å². The number of nitrogens with one attached hydrogen (secondary N) is 1. The van der Waals surface area contributed by atoms with Crippen molar-refractivity contribution < 1.29 is 17.9 Å². The third-order valence-electron chi connectivity index (χ3n) is 5.32. The molecule has 0 aromatic heterocycles. The van der Waals surface area contributed by atoms with Gasteiger partial charge in [-0.1, -0.05) is 67.9 Å². The highest BCUT2D eigenvalue weighted by molar-refractivity contribution is 6.10. The Morgan fingerprint density at radius 2 is 1.61 bits per heavy atom. The van der Waals surface area contributed by atoms with Crippen LogP contribution in [0.3, 0.4) is 0 Å². The summed E-state index contributed by atoms with van der Waals surface area (Å²) in [7, 11) is 0. The van der Waals surface area contributed by atoms with Crippen molar-refractivity contribution in [1.82, 2.24) is 0 Å². The lowest BCUT2D eigenvalue weighted by Crippen LogP contribution is -2.49. The van der Waals surface area contributed by atoms with Gasteiger partial charge in [-0.25, -0.2) is 4.99 Å². The van der Waals surface area contributed by atoms with Gasteiger partial charge in [-0.05, 0) is 42.7 Å². The number of alkyl halides is 3. The van der Waals surface area contributed by atoms with E-state index in [0.717, 1.165) is 11.1 Å². The van der Waals surface area contributed by atoms with Crippen LogP contribution in [0.25, 0.3) is 0 Å². The molecule has 0 radical (unpaired) electrons. The molecule has 3 aromatic rings. The van der Waals surface area contributed by atoms with Gasteiger partial charge >= 0.3 is 11.9 Å². The largest absolute Gasteiger partial charge is 0.455 e. The zero-order chi connectivity index (χ0) is 22.2. The summed E-state index contributed by atoms with van der Waals surface area (Å²) in [6.45, 7) is 5.92. The Morgan fingerprint density at radius 3 is 2.23 bits per heavy atom. The smallest absolute Gasteiger partial charge is 0.452 e. The van der Waals surface area contributed by atoms with E-state index in [1.165, 1.54) is 12.1 Å². The number of rotatable bonds is 3. The van der Waals surface area contributed by atoms with E-state index in [2.05, 4.69) is 10.3 Å². The van der Waals surface area contributed by atoms with Crippen LogP contribution in [-0.2, 0) is 5.72 Å². The maximum absolute atomic E-state index is 14.5. The third kappa shape index (κ3) is 3.90. The van der Waals surface area contributed by atoms with Crippen molar-refractivity contribution in [1.29, 1.82) is 0 Å². The summed E-state index contributed by atoms with van der Waals surface area (Å²) in [5, 5.41) is 3.08. The van der Waals surface area contributed by atoms with Gasteiger partial charge in [-0.15, -0.1) is 0 Å². The van der Waals surface area contributed by atoms with Gasteiger partial charge in [-0.2, -0.15) is 13.2 Å². The van der Waals surface area contributed by atoms with E-state index in [4.69, 9.17) is 4.74 Å². The van der Waals surface area contributed by atoms with Crippen LogP contribution >= 0.6 is 0 Å². The summed E-state index contributed by atoms with van der Waals surface area (Å²) in [6, 6.07) is 20.3. The van der Waals surface area contributed by atoms with Crippen LogP contribution < -0.4 is 10.1 Å². The number of aryl methyl sites for hydroxylation is 1. The van der Waals surface area contributed by atoms with Crippen molar-refractivity contribution >= 4 is 11.5 Å². The minimum Gasteiger partial charge on any atom is -0.452 e. The van der Waals surface area contributed by atoms with Crippen molar-refractivity contribution in [2.45, 2.75) is 38.6 Å². The molecule has 0 amide bonds. The van der Waals surface area contributed by atoms with Crippen LogP contribution in [0.15, 0.2) is 77.8 Å². The first-order valence-electron chi connectivity index (χ1n) is 10.1. The van der Waals surface area contributed by atoms with Gasteiger partial charge in [0.05, 0.1) is 5.56 Å². The molecule has 0 fully saturated rings. The second kappa shape index (κ2) is 7.76. The summed E-state index contributed by atoms with van der Waals surface area (Å²) in [6.07, 6.45) is -4.78. The monoisotopic (exact) mass is 424 g/mol. The quantitative estimate of drug-likeness (QED) is 0.502. The number of anilines is 1. The zero-order valence-corrected chi connectivity index (χ0v) is 17.5. The molecule has 1 aliphatic heterocycles. The van der Waals surface area contributed by atoms with Crippen molar-refractivity contribution in [2.75, 3.05) is 5.32 Å². The van der Waals surface area contributed by atoms with Crippen LogP contribution in [0, 0.1) is 6.92 Å². The molecule has 3 aromatic carbocycles. The number of benzene rings is 3. The summed E-state index contributed by atoms with van der Waals surface area (Å²) in [4.78, 5) is 4.15. The number of ether oxygens (including phenoxy) is 1. The second-order valence-electron chi connectivity index (χ2n) is 7.97. The average Bonchev–Trinajstić information content (AvgIpc) is 2.74. The molecule has 1 unspecified atom stereocenters. The average molecular weight is 424 g/mol. The summed E-state index contributed by atoms with van der Waals surface area (Å²) in [5.74, 6) is 0.400. The Labute approximate surface area is 179 Å². The number of hydrogen-bond donors (Lipinski definition) is 1. The molecule has 1 heterocycles. The molecule has 1 aliphatic rings. The molecule has 0 saturated carbocycles. The normalized spacial score (nSPS) is 18.2. The molecule has 4 rings (SSSR count). The molecular formula is C25H23F3N2O. The fourth-order valence-electron chi connectivity index (χ4n) is 3.52. The van der Waals surface area contributed by atoms with E-state index < -0.39 is 11.9 Å². The first kappa shape index (κ1) is 21.0. The topological polar surface area (TPSA) is 33.6 Å². The molecule has 160 valence electrons. The van der Waals surface area contributed by atoms with E-state index >= 15 is 0 Å². The summed E-state index contributed by atoms with van der Waals surface area (Å²) >= 11 is 0. The molecule has 0 saturated heterocycles. The standard InChI is InChI=1S/C25H23F3N2O/c1-16(2)18-11-14-21-22(15-18)31-24(25(26,27)28,19-7-5-4-6-8-19)30-23(21)29-20-12-9-17(3)10-13-20/h4-16H,1-3H3,(H,29,30). The molecule has 1 atom stereocenters. The highest BCUT2D eigenvalue weighted by atomic mass is 19.4. The second-order valence-corrected chi connectivity index (χ2v) is 7.97. The van der Waals surface area contributed by atoms with Crippen molar-refractivity contribution in [3.05, 3.63) is 95.1 Å². The molecule has 0 bridgehead atoms. The van der Waals surface area contributed by atoms with Crippen LogP contribution in [0.5, 0.6) is 5.75 Å². The molecule has 0 aliphatic carbocycles. The predicted molar refractivity (Wildman–Crippen MR) is 117 cm³/mol. The lowest BCUT2D eigenvalue weighted by molar-refractivity contribution is -0.252. The number of amidine groups is 1. The molecule has 31 heavy (non-hydrogen) atoms. The van der Waals surface area contributed by atoms with Crippen molar-refractivity contribution in [3.8, 4) is 5.75 Å². The predicted octanol–water partition coefficient (Wildman–Crippen LogP) is 6.78. The van der Waals surface area contributed by atoms with Gasteiger partial charge in [0.25, 0.3) is 0 Å². The summed E-state index contributed by atoms with van der Waals surface area (Å²) in [5.41, 5.74) is 0.153. The van der Waals surface area contributed by atoms with Crippen molar-refractivity contribution in [2.24, 2.45) is 4.99 Å². The van der Waals surface area contributed by atoms with Crippen LogP contribution in [-0.4, -0.2) is 12.0 Å². The first-order valence-corrected chi connectivity index (χ1v) is 10.1. The zero-order valence-electron chi connectivity index (χ0n) is 17.5. The minimum absolute atomic E-state index is 0.0775. The van der Waals surface area contributed by atoms with Gasteiger partial charge in [0.15, 0.2) is 0 Å². The molecule has 6 heteroatoms. The molecule has 3 nitrogen and oxygen atoms in total. The van der Waals surface area contributed by atoms with E-state index in [1.54, 1.807) is 30.3 Å². The van der Waals surface area contributed by atoms with Gasteiger partial charge in [0.1, 0.15) is 11.6 Å². The molecule has 0 spiro atoms. The van der Waals surface area contributed by atoms with Gasteiger partial charge in [0, 0.05) is 11.3 Å². The Balaban J connectivity index is 1.92. The summed E-state index contributed by atoms with van der Waals surface area (Å²) < 4.78 is 49.3. The lowest BCUT2D eigenvalue weighted by atomic mass is 9.96. The van der Waals surface area contributed by atoms with E-state index in [9.17, 15) is 13.2 Å². The minimum atomic E-state index is -4.78. The first-order chi connectivity index (χ1) is 14.7. The Bertz CT molecular complexity index is 1110. The Kier molecular flexibility index (Phi) is 5.25. The van der Waals surface area contributed by atoms with Gasteiger partial charge < -0.3 is 10.1 Å². The van der Waals surface area contributed by atoms with E-state index in [-0.39, 0.29) is 23.1 Å². The number of fused-ring (bicyclic) bond motifs is 1. The molecular weight excluding hydrogens is 401 g/mol. The van der Waals surface area contributed by atoms with Crippen LogP contribution in [0.2, 0.25) is 0 Å². The fraction of sp³-hybridized carbons (Fsp3) is 0.240. The number of nitrogens with zero attached hydrogens (tertiary/aromatic N) is 1. The van der Waals surface area contributed by atoms with Gasteiger partial charge in [-0.3, -0.25) is 0 Å². The SMILES string of the molecule is Cc1ccc(NC2=NC(c3ccccc3)(C(F)(F)F)Oc3cc(C(C)C)ccc32)cc1. The fourth-order valence-corrected chi connectivity index (χ4v) is 3.52. The highest BCUT2D eigenvalue weighted by Crippen LogP contribution is 2.48. The number of halogens is 3. The van der Waals surface area contributed by atoms with Gasteiger partial charge in [0.2, 0.25) is 0 Å². The van der Waals surface area contributed by atoms with Crippen LogP contribution in [0.1, 0.15) is 42.0 Å². The highest BCUT2D eigenvalue weighted by Gasteiger charge is 2.61. The molecule has 1 N–H and O–H groups in total. The maximum Gasteiger partial charge on any atom is 0.455 e. The van der Waals surface area contributed by atoms with Crippen LogP contribution in [0.4, 0.5) is 18.9 Å². The Hall–Kier alpha value is -3.28. The lowest BCUT2D eigenvalue weighted by Gasteiger charge is -2.37. The maximum atomic E-state index is 14.5. The van der Waals surface area contributed by atoms with Crippen molar-refractivity contribution in [3.63, 3.8) is 0 Å².